The molecule has 8 heteroatoms. The first-order valence-corrected chi connectivity index (χ1v) is 10.4. The molecule has 2 aromatic carbocycles. The van der Waals surface area contributed by atoms with Crippen molar-refractivity contribution in [3.8, 4) is 11.5 Å². The van der Waals surface area contributed by atoms with E-state index in [9.17, 15) is 4.79 Å². The van der Waals surface area contributed by atoms with Crippen LogP contribution in [0.15, 0.2) is 41.6 Å². The van der Waals surface area contributed by atoms with Crippen LogP contribution < -0.4 is 9.47 Å². The van der Waals surface area contributed by atoms with Crippen molar-refractivity contribution in [3.63, 3.8) is 0 Å². The van der Waals surface area contributed by atoms with E-state index in [4.69, 9.17) is 42.3 Å². The number of oxime groups is 1. The first-order chi connectivity index (χ1) is 14.7. The molecule has 0 aliphatic rings. The van der Waals surface area contributed by atoms with E-state index in [0.717, 1.165) is 6.42 Å². The van der Waals surface area contributed by atoms with Crippen LogP contribution in [0.1, 0.15) is 38.3 Å². The van der Waals surface area contributed by atoms with Gasteiger partial charge in [0.1, 0.15) is 19.5 Å². The fourth-order valence-corrected chi connectivity index (χ4v) is 3.22. The quantitative estimate of drug-likeness (QED) is 0.260. The monoisotopic (exact) mass is 467 g/mol. The Morgan fingerprint density at radius 3 is 2.26 bits per heavy atom. The second kappa shape index (κ2) is 11.3. The maximum absolute atomic E-state index is 12.1. The Morgan fingerprint density at radius 2 is 1.68 bits per heavy atom. The minimum Gasteiger partial charge on any atom is -0.490 e. The summed E-state index contributed by atoms with van der Waals surface area (Å²) in [7, 11) is 2.64. The lowest BCUT2D eigenvalue weighted by Crippen LogP contribution is -2.19. The topological polar surface area (TPSA) is 66.4 Å². The van der Waals surface area contributed by atoms with E-state index >= 15 is 0 Å². The molecule has 0 amide bonds. The van der Waals surface area contributed by atoms with Crippen LogP contribution in [0.25, 0.3) is 0 Å². The molecule has 0 aliphatic carbocycles. The highest BCUT2D eigenvalue weighted by Gasteiger charge is 2.20. The molecule has 0 N–H and O–H groups in total. The summed E-state index contributed by atoms with van der Waals surface area (Å²) < 4.78 is 16.5. The minimum atomic E-state index is -0.614. The zero-order valence-corrected chi connectivity index (χ0v) is 19.8. The van der Waals surface area contributed by atoms with Gasteiger partial charge in [-0.2, -0.15) is 0 Å². The molecule has 31 heavy (non-hydrogen) atoms. The molecular formula is C23H27Cl2NO5. The van der Waals surface area contributed by atoms with E-state index in [-0.39, 0.29) is 17.7 Å². The molecular weight excluding hydrogens is 441 g/mol. The fourth-order valence-electron chi connectivity index (χ4n) is 2.64. The number of ether oxygens (including phenoxy) is 3. The second-order valence-corrected chi connectivity index (χ2v) is 8.75. The average molecular weight is 468 g/mol. The van der Waals surface area contributed by atoms with Crippen molar-refractivity contribution in [2.45, 2.75) is 33.8 Å². The number of hydrogen-bond donors (Lipinski definition) is 0. The molecule has 0 aliphatic heterocycles. The van der Waals surface area contributed by atoms with E-state index in [2.05, 4.69) is 25.9 Å². The highest BCUT2D eigenvalue weighted by molar-refractivity contribution is 6.43. The molecule has 2 aromatic rings. The lowest BCUT2D eigenvalue weighted by molar-refractivity contribution is -0.132. The number of halogens is 2. The number of benzene rings is 2. The minimum absolute atomic E-state index is 0.0443. The van der Waals surface area contributed by atoms with Crippen LogP contribution in [0.2, 0.25) is 10.0 Å². The Labute approximate surface area is 193 Å². The predicted molar refractivity (Wildman–Crippen MR) is 122 cm³/mol. The van der Waals surface area contributed by atoms with Gasteiger partial charge in [-0.05, 0) is 17.4 Å². The van der Waals surface area contributed by atoms with Gasteiger partial charge in [-0.15, -0.1) is 0 Å². The normalized spacial score (nSPS) is 11.8. The van der Waals surface area contributed by atoms with E-state index in [0.29, 0.717) is 39.3 Å². The molecule has 0 saturated carbocycles. The van der Waals surface area contributed by atoms with Crippen molar-refractivity contribution in [1.29, 1.82) is 0 Å². The molecule has 0 aromatic heterocycles. The largest absolute Gasteiger partial charge is 0.490 e. The summed E-state index contributed by atoms with van der Waals surface area (Å²) in [6, 6.07) is 10.5. The molecule has 0 heterocycles. The van der Waals surface area contributed by atoms with E-state index in [1.165, 1.54) is 14.2 Å². The van der Waals surface area contributed by atoms with Gasteiger partial charge in [0.15, 0.2) is 11.5 Å². The van der Waals surface area contributed by atoms with Gasteiger partial charge >= 0.3 is 5.97 Å². The van der Waals surface area contributed by atoms with Crippen molar-refractivity contribution in [1.82, 2.24) is 0 Å². The molecule has 6 nitrogen and oxygen atoms in total. The van der Waals surface area contributed by atoms with Crippen molar-refractivity contribution >= 4 is 34.9 Å². The van der Waals surface area contributed by atoms with E-state index in [1.54, 1.807) is 24.3 Å². The predicted octanol–water partition coefficient (Wildman–Crippen LogP) is 5.91. The van der Waals surface area contributed by atoms with Crippen molar-refractivity contribution in [3.05, 3.63) is 57.6 Å². The highest BCUT2D eigenvalue weighted by atomic mass is 35.5. The maximum atomic E-state index is 12.1. The molecule has 0 unspecified atom stereocenters. The molecule has 0 bridgehead atoms. The van der Waals surface area contributed by atoms with Gasteiger partial charge in [-0.1, -0.05) is 73.4 Å². The second-order valence-electron chi connectivity index (χ2n) is 7.94. The zero-order valence-electron chi connectivity index (χ0n) is 18.3. The van der Waals surface area contributed by atoms with Gasteiger partial charge in [-0.25, -0.2) is 4.79 Å². The van der Waals surface area contributed by atoms with Crippen molar-refractivity contribution in [2.24, 2.45) is 10.6 Å². The molecule has 2 rings (SSSR count). The van der Waals surface area contributed by atoms with Gasteiger partial charge in [0.25, 0.3) is 0 Å². The molecule has 0 radical (unpaired) electrons. The molecule has 0 saturated heterocycles. The van der Waals surface area contributed by atoms with Gasteiger partial charge in [-0.3, -0.25) is 0 Å². The SMILES string of the molecule is CO/N=C(/C(=O)OC)c1ccccc1COc1cc(Cl)c(OCCC(C)(C)C)c(Cl)c1. The summed E-state index contributed by atoms with van der Waals surface area (Å²) in [5, 5.41) is 4.52. The number of esters is 1. The maximum Gasteiger partial charge on any atom is 0.360 e. The number of methoxy groups -OCH3 is 1. The Kier molecular flexibility index (Phi) is 9.01. The summed E-state index contributed by atoms with van der Waals surface area (Å²) in [5.41, 5.74) is 1.43. The average Bonchev–Trinajstić information content (AvgIpc) is 2.71. The first-order valence-electron chi connectivity index (χ1n) is 9.68. The van der Waals surface area contributed by atoms with E-state index < -0.39 is 5.97 Å². The number of hydrogen-bond acceptors (Lipinski definition) is 6. The lowest BCUT2D eigenvalue weighted by Gasteiger charge is -2.19. The van der Waals surface area contributed by atoms with Gasteiger partial charge in [0.2, 0.25) is 0 Å². The fraction of sp³-hybridized carbons (Fsp3) is 0.391. The van der Waals surface area contributed by atoms with Crippen LogP contribution in [0.3, 0.4) is 0 Å². The smallest absolute Gasteiger partial charge is 0.360 e. The van der Waals surface area contributed by atoms with Crippen molar-refractivity contribution in [2.75, 3.05) is 20.8 Å². The van der Waals surface area contributed by atoms with Crippen LogP contribution in [-0.4, -0.2) is 32.5 Å². The summed E-state index contributed by atoms with van der Waals surface area (Å²) in [5.74, 6) is 0.286. The van der Waals surface area contributed by atoms with Gasteiger partial charge < -0.3 is 19.0 Å². The lowest BCUT2D eigenvalue weighted by atomic mass is 9.93. The number of rotatable bonds is 9. The van der Waals surface area contributed by atoms with Crippen molar-refractivity contribution < 1.29 is 23.8 Å². The third-order valence-corrected chi connectivity index (χ3v) is 4.86. The number of carbonyl (C=O) groups is 1. The molecule has 0 fully saturated rings. The van der Waals surface area contributed by atoms with Crippen LogP contribution in [0.5, 0.6) is 11.5 Å². The highest BCUT2D eigenvalue weighted by Crippen LogP contribution is 2.37. The summed E-state index contributed by atoms with van der Waals surface area (Å²) >= 11 is 12.7. The van der Waals surface area contributed by atoms with Crippen LogP contribution in [0.4, 0.5) is 0 Å². The molecule has 0 spiro atoms. The molecule has 0 atom stereocenters. The Morgan fingerprint density at radius 1 is 1.03 bits per heavy atom. The standard InChI is InChI=1S/C23H27Cl2NO5/c1-23(2,3)10-11-30-21-18(24)12-16(13-19(21)25)31-14-15-8-6-7-9-17(15)20(26-29-5)22(27)28-4/h6-9,12-13H,10-11,14H2,1-5H3/b26-20+. The first kappa shape index (κ1) is 24.8. The summed E-state index contributed by atoms with van der Waals surface area (Å²) in [6.45, 7) is 7.06. The van der Waals surface area contributed by atoms with Crippen LogP contribution in [-0.2, 0) is 21.0 Å². The van der Waals surface area contributed by atoms with Crippen LogP contribution >= 0.6 is 23.2 Å². The summed E-state index contributed by atoms with van der Waals surface area (Å²) in [4.78, 5) is 16.9. The third-order valence-electron chi connectivity index (χ3n) is 4.30. The molecule has 168 valence electrons. The number of nitrogens with zero attached hydrogens (tertiary/aromatic N) is 1. The zero-order chi connectivity index (χ0) is 23.0. The van der Waals surface area contributed by atoms with Gasteiger partial charge in [0.05, 0.1) is 23.8 Å². The number of carbonyl (C=O) groups excluding carboxylic acids is 1. The third kappa shape index (κ3) is 7.33. The Balaban J connectivity index is 2.17. The summed E-state index contributed by atoms with van der Waals surface area (Å²) in [6.07, 6.45) is 0.861. The Bertz CT molecular complexity index is 915. The van der Waals surface area contributed by atoms with E-state index in [1.807, 2.05) is 12.1 Å². The van der Waals surface area contributed by atoms with Gasteiger partial charge in [0, 0.05) is 17.7 Å². The Hall–Kier alpha value is -2.44. The van der Waals surface area contributed by atoms with Crippen LogP contribution in [0, 0.1) is 5.41 Å².